The maximum absolute atomic E-state index is 5.48. The SMILES string of the molecule is CCNCc1nnc(NCC2COCCO2)o1. The molecule has 0 aliphatic carbocycles. The van der Waals surface area contributed by atoms with Gasteiger partial charge in [-0.3, -0.25) is 0 Å². The molecule has 96 valence electrons. The molecule has 2 rings (SSSR count). The highest BCUT2D eigenvalue weighted by Crippen LogP contribution is 2.07. The van der Waals surface area contributed by atoms with Crippen LogP contribution in [0.15, 0.2) is 4.42 Å². The second kappa shape index (κ2) is 6.53. The van der Waals surface area contributed by atoms with Gasteiger partial charge in [0.1, 0.15) is 0 Å². The molecule has 1 saturated heterocycles. The average molecular weight is 242 g/mol. The molecule has 7 nitrogen and oxygen atoms in total. The van der Waals surface area contributed by atoms with E-state index in [1.54, 1.807) is 0 Å². The van der Waals surface area contributed by atoms with Crippen LogP contribution >= 0.6 is 0 Å². The zero-order chi connectivity index (χ0) is 11.9. The molecule has 1 unspecified atom stereocenters. The first-order valence-electron chi connectivity index (χ1n) is 5.85. The zero-order valence-electron chi connectivity index (χ0n) is 9.94. The first kappa shape index (κ1) is 12.3. The molecule has 1 aromatic rings. The number of anilines is 1. The standard InChI is InChI=1S/C10H18N4O3/c1-2-11-6-9-13-14-10(17-9)12-5-8-7-15-3-4-16-8/h8,11H,2-7H2,1H3,(H,12,14). The van der Waals surface area contributed by atoms with Crippen molar-refractivity contribution in [3.05, 3.63) is 5.89 Å². The third-order valence-electron chi connectivity index (χ3n) is 2.36. The van der Waals surface area contributed by atoms with Gasteiger partial charge in [-0.1, -0.05) is 12.0 Å². The summed E-state index contributed by atoms with van der Waals surface area (Å²) in [4.78, 5) is 0. The van der Waals surface area contributed by atoms with Crippen molar-refractivity contribution < 1.29 is 13.9 Å². The molecule has 0 radical (unpaired) electrons. The van der Waals surface area contributed by atoms with Gasteiger partial charge in [0.2, 0.25) is 5.89 Å². The topological polar surface area (TPSA) is 81.4 Å². The Morgan fingerprint density at radius 2 is 2.29 bits per heavy atom. The number of aromatic nitrogens is 2. The molecule has 0 amide bonds. The van der Waals surface area contributed by atoms with Gasteiger partial charge in [-0.2, -0.15) is 0 Å². The number of ether oxygens (including phenoxy) is 2. The molecule has 7 heteroatoms. The number of nitrogens with zero attached hydrogens (tertiary/aromatic N) is 2. The molecule has 1 aromatic heterocycles. The highest BCUT2D eigenvalue weighted by atomic mass is 16.6. The Balaban J connectivity index is 1.72. The molecular formula is C10H18N4O3. The van der Waals surface area contributed by atoms with Crippen LogP contribution in [-0.2, 0) is 16.0 Å². The van der Waals surface area contributed by atoms with E-state index in [0.29, 0.717) is 44.8 Å². The van der Waals surface area contributed by atoms with Gasteiger partial charge in [-0.15, -0.1) is 5.10 Å². The minimum Gasteiger partial charge on any atom is -0.407 e. The first-order valence-corrected chi connectivity index (χ1v) is 5.85. The molecule has 1 fully saturated rings. The Morgan fingerprint density at radius 1 is 1.35 bits per heavy atom. The van der Waals surface area contributed by atoms with E-state index >= 15 is 0 Å². The van der Waals surface area contributed by atoms with Gasteiger partial charge in [0.05, 0.1) is 32.5 Å². The molecule has 0 saturated carbocycles. The molecule has 1 aliphatic rings. The summed E-state index contributed by atoms with van der Waals surface area (Å²) in [6.07, 6.45) is 0.0490. The predicted molar refractivity (Wildman–Crippen MR) is 60.7 cm³/mol. The van der Waals surface area contributed by atoms with Crippen LogP contribution in [0.1, 0.15) is 12.8 Å². The second-order valence-corrected chi connectivity index (χ2v) is 3.73. The Labute approximate surface area is 99.9 Å². The van der Waals surface area contributed by atoms with Crippen LogP contribution < -0.4 is 10.6 Å². The summed E-state index contributed by atoms with van der Waals surface area (Å²) < 4.78 is 16.2. The molecule has 1 atom stereocenters. The largest absolute Gasteiger partial charge is 0.407 e. The lowest BCUT2D eigenvalue weighted by Crippen LogP contribution is -2.34. The average Bonchev–Trinajstić information content (AvgIpc) is 2.83. The van der Waals surface area contributed by atoms with Crippen molar-refractivity contribution in [2.75, 3.05) is 38.2 Å². The normalized spacial score (nSPS) is 20.4. The maximum Gasteiger partial charge on any atom is 0.315 e. The van der Waals surface area contributed by atoms with Crippen molar-refractivity contribution in [2.45, 2.75) is 19.6 Å². The number of rotatable bonds is 6. The third kappa shape index (κ3) is 3.95. The van der Waals surface area contributed by atoms with Gasteiger partial charge in [0.15, 0.2) is 0 Å². The summed E-state index contributed by atoms with van der Waals surface area (Å²) in [5.74, 6) is 0.579. The van der Waals surface area contributed by atoms with Gasteiger partial charge in [-0.05, 0) is 6.54 Å². The van der Waals surface area contributed by atoms with Crippen LogP contribution in [0.25, 0.3) is 0 Å². The van der Waals surface area contributed by atoms with Gasteiger partial charge in [-0.25, -0.2) is 0 Å². The van der Waals surface area contributed by atoms with E-state index in [1.807, 2.05) is 6.92 Å². The van der Waals surface area contributed by atoms with E-state index in [2.05, 4.69) is 20.8 Å². The lowest BCUT2D eigenvalue weighted by Gasteiger charge is -2.22. The first-order chi connectivity index (χ1) is 8.38. The van der Waals surface area contributed by atoms with Crippen molar-refractivity contribution in [3.63, 3.8) is 0 Å². The number of hydrogen-bond acceptors (Lipinski definition) is 7. The highest BCUT2D eigenvalue weighted by molar-refractivity contribution is 5.17. The maximum atomic E-state index is 5.48. The summed E-state index contributed by atoms with van der Waals surface area (Å²) >= 11 is 0. The van der Waals surface area contributed by atoms with Crippen LogP contribution in [0.5, 0.6) is 0 Å². The van der Waals surface area contributed by atoms with E-state index in [-0.39, 0.29) is 6.10 Å². The monoisotopic (exact) mass is 242 g/mol. The van der Waals surface area contributed by atoms with E-state index in [0.717, 1.165) is 6.54 Å². The molecule has 0 spiro atoms. The molecular weight excluding hydrogens is 224 g/mol. The summed E-state index contributed by atoms with van der Waals surface area (Å²) in [5, 5.41) is 13.9. The fraction of sp³-hybridized carbons (Fsp3) is 0.800. The van der Waals surface area contributed by atoms with E-state index in [1.165, 1.54) is 0 Å². The van der Waals surface area contributed by atoms with Crippen LogP contribution in [0, 0.1) is 0 Å². The van der Waals surface area contributed by atoms with Crippen LogP contribution in [-0.4, -0.2) is 49.2 Å². The lowest BCUT2D eigenvalue weighted by molar-refractivity contribution is -0.0820. The Morgan fingerprint density at radius 3 is 3.06 bits per heavy atom. The predicted octanol–water partition coefficient (Wildman–Crippen LogP) is 0.00640. The Hall–Kier alpha value is -1.18. The van der Waals surface area contributed by atoms with Crippen molar-refractivity contribution >= 4 is 6.01 Å². The summed E-state index contributed by atoms with van der Waals surface area (Å²) in [5.41, 5.74) is 0. The van der Waals surface area contributed by atoms with Gasteiger partial charge < -0.3 is 24.5 Å². The second-order valence-electron chi connectivity index (χ2n) is 3.73. The summed E-state index contributed by atoms with van der Waals surface area (Å²) in [6.45, 7) is 6.02. The van der Waals surface area contributed by atoms with Gasteiger partial charge >= 0.3 is 6.01 Å². The Kier molecular flexibility index (Phi) is 4.72. The van der Waals surface area contributed by atoms with Crippen LogP contribution in [0.4, 0.5) is 6.01 Å². The van der Waals surface area contributed by atoms with E-state index in [9.17, 15) is 0 Å². The minimum absolute atomic E-state index is 0.0490. The number of nitrogens with one attached hydrogen (secondary N) is 2. The van der Waals surface area contributed by atoms with Crippen molar-refractivity contribution in [2.24, 2.45) is 0 Å². The lowest BCUT2D eigenvalue weighted by atomic mass is 10.3. The van der Waals surface area contributed by atoms with Crippen molar-refractivity contribution in [1.82, 2.24) is 15.5 Å². The molecule has 0 aromatic carbocycles. The molecule has 17 heavy (non-hydrogen) atoms. The highest BCUT2D eigenvalue weighted by Gasteiger charge is 2.15. The molecule has 2 heterocycles. The third-order valence-corrected chi connectivity index (χ3v) is 2.36. The van der Waals surface area contributed by atoms with Crippen LogP contribution in [0.2, 0.25) is 0 Å². The van der Waals surface area contributed by atoms with Crippen LogP contribution in [0.3, 0.4) is 0 Å². The Bertz CT molecular complexity index is 325. The van der Waals surface area contributed by atoms with Crippen molar-refractivity contribution in [1.29, 1.82) is 0 Å². The van der Waals surface area contributed by atoms with Crippen molar-refractivity contribution in [3.8, 4) is 0 Å². The summed E-state index contributed by atoms with van der Waals surface area (Å²) in [7, 11) is 0. The zero-order valence-corrected chi connectivity index (χ0v) is 9.94. The minimum atomic E-state index is 0.0490. The smallest absolute Gasteiger partial charge is 0.315 e. The van der Waals surface area contributed by atoms with Gasteiger partial charge in [0, 0.05) is 6.54 Å². The fourth-order valence-electron chi connectivity index (χ4n) is 1.48. The van der Waals surface area contributed by atoms with Gasteiger partial charge in [0.25, 0.3) is 0 Å². The fourth-order valence-corrected chi connectivity index (χ4v) is 1.48. The quantitative estimate of drug-likeness (QED) is 0.727. The summed E-state index contributed by atoms with van der Waals surface area (Å²) in [6, 6.07) is 0.423. The molecule has 0 bridgehead atoms. The number of hydrogen-bond donors (Lipinski definition) is 2. The molecule has 2 N–H and O–H groups in total. The van der Waals surface area contributed by atoms with E-state index in [4.69, 9.17) is 13.9 Å². The molecule has 1 aliphatic heterocycles. The van der Waals surface area contributed by atoms with E-state index < -0.39 is 0 Å².